The Kier molecular flexibility index (Phi) is 6.25. The second kappa shape index (κ2) is 9.06. The molecule has 1 fully saturated rings. The Hall–Kier alpha value is -2.57. The van der Waals surface area contributed by atoms with Gasteiger partial charge in [-0.3, -0.25) is 4.90 Å². The molecule has 0 bridgehead atoms. The minimum Gasteiger partial charge on any atom is -0.466 e. The standard InChI is InChI=1S/C24H32N4O2/c1-18(22-9-8-19(2)30-22)10-12-27-14-16-28(17-15-27)21-7-5-4-6-20(21)23(29)24-25-11-13-26(24)3/h4-9,11,13,18,23,29H,10,12,14-17H2,1-3H3. The van der Waals surface area contributed by atoms with Gasteiger partial charge in [0.25, 0.3) is 0 Å². The summed E-state index contributed by atoms with van der Waals surface area (Å²) in [5.41, 5.74) is 2.02. The lowest BCUT2D eigenvalue weighted by Crippen LogP contribution is -2.47. The molecule has 3 aromatic rings. The molecule has 2 atom stereocenters. The number of aliphatic hydroxyl groups excluding tert-OH is 1. The third kappa shape index (κ3) is 4.45. The molecule has 0 aliphatic carbocycles. The van der Waals surface area contributed by atoms with Gasteiger partial charge in [0.15, 0.2) is 0 Å². The van der Waals surface area contributed by atoms with Crippen molar-refractivity contribution in [3.05, 3.63) is 71.7 Å². The first kappa shape index (κ1) is 20.7. The zero-order chi connectivity index (χ0) is 21.1. The molecule has 2 aromatic heterocycles. The summed E-state index contributed by atoms with van der Waals surface area (Å²) in [4.78, 5) is 9.25. The molecular formula is C24H32N4O2. The lowest BCUT2D eigenvalue weighted by atomic mass is 10.0. The van der Waals surface area contributed by atoms with Crippen molar-refractivity contribution in [3.63, 3.8) is 0 Å². The summed E-state index contributed by atoms with van der Waals surface area (Å²) in [5.74, 6) is 3.17. The number of aryl methyl sites for hydroxylation is 2. The molecule has 2 unspecified atom stereocenters. The smallest absolute Gasteiger partial charge is 0.142 e. The maximum absolute atomic E-state index is 11.0. The summed E-state index contributed by atoms with van der Waals surface area (Å²) in [6, 6.07) is 12.3. The third-order valence-corrected chi connectivity index (χ3v) is 6.17. The van der Waals surface area contributed by atoms with E-state index < -0.39 is 6.10 Å². The number of benzene rings is 1. The highest BCUT2D eigenvalue weighted by Crippen LogP contribution is 2.31. The van der Waals surface area contributed by atoms with E-state index in [1.54, 1.807) is 6.20 Å². The van der Waals surface area contributed by atoms with E-state index in [2.05, 4.69) is 33.8 Å². The monoisotopic (exact) mass is 408 g/mol. The van der Waals surface area contributed by atoms with Gasteiger partial charge in [0, 0.05) is 62.8 Å². The fourth-order valence-corrected chi connectivity index (χ4v) is 4.24. The van der Waals surface area contributed by atoms with Gasteiger partial charge in [-0.1, -0.05) is 25.1 Å². The highest BCUT2D eigenvalue weighted by atomic mass is 16.3. The van der Waals surface area contributed by atoms with Gasteiger partial charge in [-0.05, 0) is 38.1 Å². The number of hydrogen-bond donors (Lipinski definition) is 1. The second-order valence-electron chi connectivity index (χ2n) is 8.32. The molecule has 0 spiro atoms. The van der Waals surface area contributed by atoms with Crippen LogP contribution in [0.2, 0.25) is 0 Å². The topological polar surface area (TPSA) is 57.7 Å². The Bertz CT molecular complexity index is 956. The predicted octanol–water partition coefficient (Wildman–Crippen LogP) is 3.72. The summed E-state index contributed by atoms with van der Waals surface area (Å²) in [6.45, 7) is 9.28. The van der Waals surface area contributed by atoms with Crippen LogP contribution in [0.5, 0.6) is 0 Å². The van der Waals surface area contributed by atoms with Crippen LogP contribution in [-0.4, -0.2) is 52.3 Å². The van der Waals surface area contributed by atoms with E-state index >= 15 is 0 Å². The van der Waals surface area contributed by atoms with E-state index in [9.17, 15) is 5.11 Å². The van der Waals surface area contributed by atoms with Gasteiger partial charge >= 0.3 is 0 Å². The average molecular weight is 409 g/mol. The minimum atomic E-state index is -0.725. The normalized spacial score (nSPS) is 17.3. The first-order valence-corrected chi connectivity index (χ1v) is 10.8. The van der Waals surface area contributed by atoms with Gasteiger partial charge in [0.2, 0.25) is 0 Å². The summed E-state index contributed by atoms with van der Waals surface area (Å²) in [7, 11) is 1.91. The van der Waals surface area contributed by atoms with Crippen LogP contribution in [0, 0.1) is 6.92 Å². The van der Waals surface area contributed by atoms with Crippen molar-refractivity contribution in [2.45, 2.75) is 32.3 Å². The molecule has 6 nitrogen and oxygen atoms in total. The maximum Gasteiger partial charge on any atom is 0.142 e. The number of hydrogen-bond acceptors (Lipinski definition) is 5. The van der Waals surface area contributed by atoms with Crippen LogP contribution in [0.4, 0.5) is 5.69 Å². The van der Waals surface area contributed by atoms with Crippen LogP contribution in [0.15, 0.2) is 53.2 Å². The molecule has 1 aliphatic heterocycles. The molecule has 160 valence electrons. The molecule has 4 rings (SSSR count). The second-order valence-corrected chi connectivity index (χ2v) is 8.32. The van der Waals surface area contributed by atoms with Gasteiger partial charge in [-0.2, -0.15) is 0 Å². The number of nitrogens with zero attached hydrogens (tertiary/aromatic N) is 4. The van der Waals surface area contributed by atoms with Crippen molar-refractivity contribution in [1.29, 1.82) is 0 Å². The molecule has 3 heterocycles. The zero-order valence-corrected chi connectivity index (χ0v) is 18.2. The number of rotatable bonds is 7. The number of aliphatic hydroxyl groups is 1. The fraction of sp³-hybridized carbons (Fsp3) is 0.458. The molecule has 0 amide bonds. The van der Waals surface area contributed by atoms with Crippen LogP contribution < -0.4 is 4.90 Å². The van der Waals surface area contributed by atoms with E-state index in [0.717, 1.165) is 61.9 Å². The van der Waals surface area contributed by atoms with E-state index in [4.69, 9.17) is 4.42 Å². The summed E-state index contributed by atoms with van der Waals surface area (Å²) in [5, 5.41) is 11.0. The Labute approximate surface area is 178 Å². The quantitative estimate of drug-likeness (QED) is 0.646. The number of anilines is 1. The molecular weight excluding hydrogens is 376 g/mol. The maximum atomic E-state index is 11.0. The van der Waals surface area contributed by atoms with Crippen LogP contribution >= 0.6 is 0 Å². The van der Waals surface area contributed by atoms with Gasteiger partial charge in [0.1, 0.15) is 23.4 Å². The Balaban J connectivity index is 1.36. The largest absolute Gasteiger partial charge is 0.466 e. The number of aromatic nitrogens is 2. The van der Waals surface area contributed by atoms with Gasteiger partial charge < -0.3 is 19.0 Å². The van der Waals surface area contributed by atoms with Crippen molar-refractivity contribution < 1.29 is 9.52 Å². The summed E-state index contributed by atoms with van der Waals surface area (Å²) < 4.78 is 7.65. The molecule has 6 heteroatoms. The molecule has 0 radical (unpaired) electrons. The molecule has 1 saturated heterocycles. The van der Waals surface area contributed by atoms with Crippen LogP contribution in [0.25, 0.3) is 0 Å². The number of furan rings is 1. The summed E-state index contributed by atoms with van der Waals surface area (Å²) >= 11 is 0. The van der Waals surface area contributed by atoms with Gasteiger partial charge in [-0.25, -0.2) is 4.98 Å². The van der Waals surface area contributed by atoms with E-state index in [-0.39, 0.29) is 0 Å². The number of piperazine rings is 1. The highest BCUT2D eigenvalue weighted by molar-refractivity contribution is 5.56. The lowest BCUT2D eigenvalue weighted by molar-refractivity contribution is 0.205. The lowest BCUT2D eigenvalue weighted by Gasteiger charge is -2.37. The predicted molar refractivity (Wildman–Crippen MR) is 119 cm³/mol. The minimum absolute atomic E-state index is 0.436. The van der Waals surface area contributed by atoms with Crippen molar-refractivity contribution in [2.75, 3.05) is 37.6 Å². The number of imidazole rings is 1. The van der Waals surface area contributed by atoms with E-state index in [0.29, 0.717) is 11.7 Å². The van der Waals surface area contributed by atoms with Crippen molar-refractivity contribution in [2.24, 2.45) is 7.05 Å². The Morgan fingerprint density at radius 1 is 1.10 bits per heavy atom. The molecule has 0 saturated carbocycles. The van der Waals surface area contributed by atoms with Crippen molar-refractivity contribution in [3.8, 4) is 0 Å². The molecule has 1 N–H and O–H groups in total. The first-order valence-electron chi connectivity index (χ1n) is 10.8. The first-order chi connectivity index (χ1) is 14.5. The van der Waals surface area contributed by atoms with E-state index in [1.165, 1.54) is 0 Å². The molecule has 1 aliphatic rings. The molecule has 1 aromatic carbocycles. The zero-order valence-electron chi connectivity index (χ0n) is 18.2. The van der Waals surface area contributed by atoms with Crippen LogP contribution in [0.1, 0.15) is 48.3 Å². The summed E-state index contributed by atoms with van der Waals surface area (Å²) in [6.07, 6.45) is 3.97. The van der Waals surface area contributed by atoms with Crippen LogP contribution in [0.3, 0.4) is 0 Å². The van der Waals surface area contributed by atoms with E-state index in [1.807, 2.05) is 49.0 Å². The fourth-order valence-electron chi connectivity index (χ4n) is 4.24. The Morgan fingerprint density at radius 2 is 1.87 bits per heavy atom. The molecule has 30 heavy (non-hydrogen) atoms. The van der Waals surface area contributed by atoms with Crippen molar-refractivity contribution >= 4 is 5.69 Å². The average Bonchev–Trinajstić information content (AvgIpc) is 3.40. The van der Waals surface area contributed by atoms with Crippen molar-refractivity contribution in [1.82, 2.24) is 14.5 Å². The number of para-hydroxylation sites is 1. The van der Waals surface area contributed by atoms with Gasteiger partial charge in [-0.15, -0.1) is 0 Å². The Morgan fingerprint density at radius 3 is 2.53 bits per heavy atom. The van der Waals surface area contributed by atoms with Crippen LogP contribution in [-0.2, 0) is 7.05 Å². The van der Waals surface area contributed by atoms with Gasteiger partial charge in [0.05, 0.1) is 0 Å². The highest BCUT2D eigenvalue weighted by Gasteiger charge is 2.24. The third-order valence-electron chi connectivity index (χ3n) is 6.17. The SMILES string of the molecule is Cc1ccc(C(C)CCN2CCN(c3ccccc3C(O)c3nccn3C)CC2)o1.